The number of methoxy groups -OCH3 is 2. The molecule has 0 fully saturated rings. The van der Waals surface area contributed by atoms with Crippen LogP contribution in [0.1, 0.15) is 5.56 Å². The Balaban J connectivity index is 2.74. The predicted molar refractivity (Wildman–Crippen MR) is 60.7 cm³/mol. The molecule has 0 spiro atoms. The van der Waals surface area contributed by atoms with Crippen molar-refractivity contribution in [1.82, 2.24) is 5.16 Å². The van der Waals surface area contributed by atoms with Gasteiger partial charge in [-0.1, -0.05) is 16.8 Å². The van der Waals surface area contributed by atoms with Crippen molar-refractivity contribution in [3.63, 3.8) is 0 Å². The lowest BCUT2D eigenvalue weighted by Gasteiger charge is -2.08. The van der Waals surface area contributed by atoms with Crippen LogP contribution >= 0.6 is 11.6 Å². The molecule has 86 valence electrons. The number of ether oxygens (including phenoxy) is 2. The fraction of sp³-hybridized carbons (Fsp3) is 0.300. The lowest BCUT2D eigenvalue weighted by atomic mass is 10.1. The van der Waals surface area contributed by atoms with Gasteiger partial charge in [0.15, 0.2) is 17.2 Å². The number of rotatable bonds is 3. The van der Waals surface area contributed by atoms with Crippen molar-refractivity contribution in [2.24, 2.45) is 0 Å². The molecule has 0 aliphatic carbocycles. The van der Waals surface area contributed by atoms with Gasteiger partial charge in [0.1, 0.15) is 5.39 Å². The summed E-state index contributed by atoms with van der Waals surface area (Å²) in [6.07, 6.45) is 0. The molecule has 2 rings (SSSR count). The molecule has 1 aromatic heterocycles. The second-order valence-electron chi connectivity index (χ2n) is 3.26. The minimum atomic E-state index is 0.262. The molecule has 1 heterocycles. The lowest BCUT2D eigenvalue weighted by Crippen LogP contribution is -1.94. The first kappa shape index (κ1) is 11.0. The van der Waals surface area contributed by atoms with Gasteiger partial charge >= 0.3 is 0 Å². The van der Waals surface area contributed by atoms with E-state index in [4.69, 9.17) is 31.3 Å². The Kier molecular flexibility index (Phi) is 2.89. The highest BCUT2D eigenvalue weighted by molar-refractivity contribution is 6.34. The zero-order valence-corrected chi connectivity index (χ0v) is 9.67. The van der Waals surface area contributed by atoms with Crippen molar-refractivity contribution in [2.45, 2.75) is 6.61 Å². The Morgan fingerprint density at radius 2 is 2.25 bits per heavy atom. The van der Waals surface area contributed by atoms with E-state index in [1.807, 2.05) is 0 Å². The molecule has 16 heavy (non-hydrogen) atoms. The summed E-state index contributed by atoms with van der Waals surface area (Å²) < 4.78 is 15.3. The van der Waals surface area contributed by atoms with Gasteiger partial charge in [-0.2, -0.15) is 0 Å². The van der Waals surface area contributed by atoms with E-state index in [-0.39, 0.29) is 5.82 Å². The summed E-state index contributed by atoms with van der Waals surface area (Å²) in [6, 6.07) is 1.74. The van der Waals surface area contributed by atoms with E-state index in [1.165, 1.54) is 7.11 Å². The van der Waals surface area contributed by atoms with Crippen molar-refractivity contribution in [2.75, 3.05) is 20.0 Å². The summed E-state index contributed by atoms with van der Waals surface area (Å²) in [5.41, 5.74) is 6.97. The Hall–Kier alpha value is -1.46. The number of halogens is 1. The maximum Gasteiger partial charge on any atom is 0.178 e. The van der Waals surface area contributed by atoms with Crippen molar-refractivity contribution < 1.29 is 14.0 Å². The second-order valence-corrected chi connectivity index (χ2v) is 3.63. The zero-order chi connectivity index (χ0) is 11.7. The first-order valence-electron chi connectivity index (χ1n) is 4.58. The number of nitrogens with zero attached hydrogens (tertiary/aromatic N) is 1. The molecule has 0 saturated carbocycles. The smallest absolute Gasteiger partial charge is 0.178 e. The molecular weight excluding hydrogens is 232 g/mol. The number of aromatic nitrogens is 1. The van der Waals surface area contributed by atoms with E-state index in [0.29, 0.717) is 28.3 Å². The summed E-state index contributed by atoms with van der Waals surface area (Å²) in [5, 5.41) is 4.72. The van der Waals surface area contributed by atoms with Crippen LogP contribution in [0.5, 0.6) is 5.75 Å². The second kappa shape index (κ2) is 4.19. The monoisotopic (exact) mass is 242 g/mol. The molecule has 0 aliphatic heterocycles. The standard InChI is InChI=1S/C10H11ClN2O3/c1-14-4-5-3-6-7(10(12)13-16-6)9(15-2)8(5)11/h3H,4H2,1-2H3,(H2,12,13). The lowest BCUT2D eigenvalue weighted by molar-refractivity contribution is 0.184. The molecule has 0 unspecified atom stereocenters. The molecule has 2 aromatic rings. The maximum atomic E-state index is 6.17. The van der Waals surface area contributed by atoms with E-state index in [0.717, 1.165) is 5.56 Å². The van der Waals surface area contributed by atoms with E-state index in [9.17, 15) is 0 Å². The molecule has 0 atom stereocenters. The molecule has 1 aromatic carbocycles. The van der Waals surface area contributed by atoms with E-state index in [2.05, 4.69) is 5.16 Å². The molecule has 0 aliphatic rings. The normalized spacial score (nSPS) is 10.9. The van der Waals surface area contributed by atoms with E-state index >= 15 is 0 Å². The van der Waals surface area contributed by atoms with Gasteiger partial charge in [-0.3, -0.25) is 0 Å². The number of fused-ring (bicyclic) bond motifs is 1. The number of nitrogen functional groups attached to an aromatic ring is 1. The third-order valence-corrected chi connectivity index (χ3v) is 2.68. The van der Waals surface area contributed by atoms with Crippen LogP contribution in [0.25, 0.3) is 11.0 Å². The van der Waals surface area contributed by atoms with E-state index in [1.54, 1.807) is 13.2 Å². The molecule has 5 nitrogen and oxygen atoms in total. The average Bonchev–Trinajstić information content (AvgIpc) is 2.62. The summed E-state index contributed by atoms with van der Waals surface area (Å²) in [6.45, 7) is 0.367. The first-order valence-corrected chi connectivity index (χ1v) is 4.96. The van der Waals surface area contributed by atoms with Gasteiger partial charge in [-0.05, 0) is 6.07 Å². The number of hydrogen-bond donors (Lipinski definition) is 1. The van der Waals surface area contributed by atoms with Crippen LogP contribution in [-0.2, 0) is 11.3 Å². The van der Waals surface area contributed by atoms with Crippen LogP contribution in [0.3, 0.4) is 0 Å². The van der Waals surface area contributed by atoms with E-state index < -0.39 is 0 Å². The summed E-state index contributed by atoms with van der Waals surface area (Å²) in [5.74, 6) is 0.725. The van der Waals surface area contributed by atoms with Crippen LogP contribution in [0, 0.1) is 0 Å². The van der Waals surface area contributed by atoms with Gasteiger partial charge in [0.2, 0.25) is 0 Å². The van der Waals surface area contributed by atoms with Crippen LogP contribution in [0.15, 0.2) is 10.6 Å². The van der Waals surface area contributed by atoms with Crippen LogP contribution in [-0.4, -0.2) is 19.4 Å². The maximum absolute atomic E-state index is 6.17. The quantitative estimate of drug-likeness (QED) is 0.894. The number of nitrogens with two attached hydrogens (primary N) is 1. The van der Waals surface area contributed by atoms with Crippen LogP contribution < -0.4 is 10.5 Å². The Labute approximate surface area is 97.0 Å². The molecular formula is C10H11ClN2O3. The SMILES string of the molecule is COCc1cc2onc(N)c2c(OC)c1Cl. The Bertz CT molecular complexity index is 524. The summed E-state index contributed by atoms with van der Waals surface area (Å²) >= 11 is 6.17. The van der Waals surface area contributed by atoms with Gasteiger partial charge in [0.05, 0.1) is 18.7 Å². The molecule has 0 radical (unpaired) electrons. The van der Waals surface area contributed by atoms with Gasteiger partial charge in [-0.15, -0.1) is 0 Å². The largest absolute Gasteiger partial charge is 0.494 e. The molecule has 2 N–H and O–H groups in total. The van der Waals surface area contributed by atoms with Crippen molar-refractivity contribution in [3.8, 4) is 5.75 Å². The zero-order valence-electron chi connectivity index (χ0n) is 8.91. The number of anilines is 1. The number of benzene rings is 1. The number of hydrogen-bond acceptors (Lipinski definition) is 5. The highest BCUT2D eigenvalue weighted by Gasteiger charge is 2.18. The van der Waals surface area contributed by atoms with Crippen molar-refractivity contribution >= 4 is 28.4 Å². The highest BCUT2D eigenvalue weighted by Crippen LogP contribution is 2.39. The topological polar surface area (TPSA) is 70.5 Å². The predicted octanol–water partition coefficient (Wildman–Crippen LogP) is 2.22. The van der Waals surface area contributed by atoms with Crippen molar-refractivity contribution in [3.05, 3.63) is 16.7 Å². The van der Waals surface area contributed by atoms with Gasteiger partial charge in [0, 0.05) is 12.7 Å². The fourth-order valence-corrected chi connectivity index (χ4v) is 1.85. The van der Waals surface area contributed by atoms with Gasteiger partial charge < -0.3 is 19.7 Å². The minimum Gasteiger partial charge on any atom is -0.494 e. The third-order valence-electron chi connectivity index (χ3n) is 2.26. The first-order chi connectivity index (χ1) is 7.69. The van der Waals surface area contributed by atoms with Crippen LogP contribution in [0.2, 0.25) is 5.02 Å². The Morgan fingerprint density at radius 1 is 1.50 bits per heavy atom. The molecule has 0 saturated heterocycles. The van der Waals surface area contributed by atoms with Crippen molar-refractivity contribution in [1.29, 1.82) is 0 Å². The third kappa shape index (κ3) is 1.58. The average molecular weight is 243 g/mol. The van der Waals surface area contributed by atoms with Gasteiger partial charge in [-0.25, -0.2) is 0 Å². The summed E-state index contributed by atoms with van der Waals surface area (Å²) in [4.78, 5) is 0. The highest BCUT2D eigenvalue weighted by atomic mass is 35.5. The van der Waals surface area contributed by atoms with Crippen LogP contribution in [0.4, 0.5) is 5.82 Å². The van der Waals surface area contributed by atoms with Gasteiger partial charge in [0.25, 0.3) is 0 Å². The Morgan fingerprint density at radius 3 is 2.88 bits per heavy atom. The molecule has 6 heteroatoms. The molecule has 0 amide bonds. The fourth-order valence-electron chi connectivity index (χ4n) is 1.57. The summed E-state index contributed by atoms with van der Waals surface area (Å²) in [7, 11) is 3.10. The molecule has 0 bridgehead atoms. The minimum absolute atomic E-state index is 0.262.